The van der Waals surface area contributed by atoms with Gasteiger partial charge in [0.25, 0.3) is 0 Å². The van der Waals surface area contributed by atoms with E-state index >= 15 is 0 Å². The number of rotatable bonds is 8. The molecule has 1 saturated heterocycles. The molecule has 152 valence electrons. The predicted octanol–water partition coefficient (Wildman–Crippen LogP) is 4.45. The monoisotopic (exact) mass is 394 g/mol. The number of ether oxygens (including phenoxy) is 1. The van der Waals surface area contributed by atoms with Crippen LogP contribution in [0.15, 0.2) is 54.7 Å². The normalized spacial score (nSPS) is 16.4. The number of hydrogen-bond acceptors (Lipinski definition) is 2. The Morgan fingerprint density at radius 1 is 1.17 bits per heavy atom. The van der Waals surface area contributed by atoms with E-state index in [-0.39, 0.29) is 17.8 Å². The van der Waals surface area contributed by atoms with E-state index in [2.05, 4.69) is 28.2 Å². The molecule has 1 aliphatic rings. The maximum Gasteiger partial charge on any atom is 0.220 e. The number of fused-ring (bicyclic) bond motifs is 1. The van der Waals surface area contributed by atoms with E-state index in [4.69, 9.17) is 4.74 Å². The van der Waals surface area contributed by atoms with Crippen LogP contribution in [0.4, 0.5) is 4.39 Å². The lowest BCUT2D eigenvalue weighted by molar-refractivity contribution is -0.121. The molecule has 0 bridgehead atoms. The van der Waals surface area contributed by atoms with Crippen LogP contribution < -0.4 is 5.32 Å². The van der Waals surface area contributed by atoms with Crippen molar-refractivity contribution >= 4 is 16.8 Å². The highest BCUT2D eigenvalue weighted by atomic mass is 19.1. The van der Waals surface area contributed by atoms with Crippen molar-refractivity contribution in [3.8, 4) is 0 Å². The van der Waals surface area contributed by atoms with E-state index in [9.17, 15) is 9.18 Å². The van der Waals surface area contributed by atoms with Crippen LogP contribution >= 0.6 is 0 Å². The molecule has 1 aliphatic heterocycles. The number of aromatic nitrogens is 1. The van der Waals surface area contributed by atoms with Gasteiger partial charge in [-0.2, -0.15) is 0 Å². The zero-order valence-corrected chi connectivity index (χ0v) is 16.6. The molecule has 2 aromatic carbocycles. The number of hydrogen-bond donors (Lipinski definition) is 1. The van der Waals surface area contributed by atoms with Crippen molar-refractivity contribution in [1.29, 1.82) is 0 Å². The molecule has 4 rings (SSSR count). The third-order valence-electron chi connectivity index (χ3n) is 5.54. The highest BCUT2D eigenvalue weighted by Crippen LogP contribution is 2.24. The fraction of sp³-hybridized carbons (Fsp3) is 0.375. The second-order valence-corrected chi connectivity index (χ2v) is 7.72. The molecule has 1 amide bonds. The minimum atomic E-state index is -0.218. The van der Waals surface area contributed by atoms with Gasteiger partial charge in [0.15, 0.2) is 0 Å². The van der Waals surface area contributed by atoms with Crippen LogP contribution in [0.3, 0.4) is 0 Å². The molecule has 3 aromatic rings. The summed E-state index contributed by atoms with van der Waals surface area (Å²) in [6.45, 7) is 2.13. The van der Waals surface area contributed by atoms with Gasteiger partial charge in [-0.1, -0.05) is 30.3 Å². The summed E-state index contributed by atoms with van der Waals surface area (Å²) in [6.07, 6.45) is 6.65. The van der Waals surface area contributed by atoms with Crippen LogP contribution in [-0.2, 0) is 22.5 Å². The summed E-state index contributed by atoms with van der Waals surface area (Å²) in [5.41, 5.74) is 3.47. The Labute approximate surface area is 170 Å². The fourth-order valence-corrected chi connectivity index (χ4v) is 4.00. The van der Waals surface area contributed by atoms with Gasteiger partial charge in [0.05, 0.1) is 6.10 Å². The smallest absolute Gasteiger partial charge is 0.220 e. The number of carbonyl (C=O) groups is 1. The van der Waals surface area contributed by atoms with Gasteiger partial charge < -0.3 is 14.6 Å². The average molecular weight is 394 g/mol. The summed E-state index contributed by atoms with van der Waals surface area (Å²) in [4.78, 5) is 12.1. The van der Waals surface area contributed by atoms with E-state index < -0.39 is 0 Å². The topological polar surface area (TPSA) is 43.3 Å². The molecule has 0 unspecified atom stereocenters. The molecule has 0 radical (unpaired) electrons. The van der Waals surface area contributed by atoms with Crippen LogP contribution in [0.2, 0.25) is 0 Å². The first-order valence-electron chi connectivity index (χ1n) is 10.4. The Balaban J connectivity index is 1.37. The molecule has 1 atom stereocenters. The van der Waals surface area contributed by atoms with Gasteiger partial charge in [-0.25, -0.2) is 4.39 Å². The van der Waals surface area contributed by atoms with E-state index in [1.165, 1.54) is 23.1 Å². The molecule has 1 N–H and O–H groups in total. The second-order valence-electron chi connectivity index (χ2n) is 7.72. The molecule has 29 heavy (non-hydrogen) atoms. The van der Waals surface area contributed by atoms with Crippen molar-refractivity contribution in [2.24, 2.45) is 0 Å². The molecule has 1 fully saturated rings. The van der Waals surface area contributed by atoms with Crippen LogP contribution in [0.1, 0.15) is 36.8 Å². The van der Waals surface area contributed by atoms with E-state index in [1.54, 1.807) is 0 Å². The molecule has 5 heteroatoms. The van der Waals surface area contributed by atoms with Gasteiger partial charge in [-0.05, 0) is 55.0 Å². The molecule has 0 saturated carbocycles. The van der Waals surface area contributed by atoms with Crippen molar-refractivity contribution < 1.29 is 13.9 Å². The highest BCUT2D eigenvalue weighted by molar-refractivity contribution is 5.84. The van der Waals surface area contributed by atoms with Gasteiger partial charge in [0, 0.05) is 43.2 Å². The summed E-state index contributed by atoms with van der Waals surface area (Å²) in [5, 5.41) is 4.21. The van der Waals surface area contributed by atoms with Gasteiger partial charge in [-0.15, -0.1) is 0 Å². The molecular weight excluding hydrogens is 367 g/mol. The predicted molar refractivity (Wildman–Crippen MR) is 112 cm³/mol. The largest absolute Gasteiger partial charge is 0.376 e. The Bertz CT molecular complexity index is 959. The van der Waals surface area contributed by atoms with Crippen molar-refractivity contribution in [3.05, 3.63) is 71.7 Å². The minimum absolute atomic E-state index is 0.0931. The lowest BCUT2D eigenvalue weighted by Crippen LogP contribution is -2.31. The van der Waals surface area contributed by atoms with Crippen molar-refractivity contribution in [3.63, 3.8) is 0 Å². The van der Waals surface area contributed by atoms with Gasteiger partial charge in [0.1, 0.15) is 5.82 Å². The molecule has 4 nitrogen and oxygen atoms in total. The Morgan fingerprint density at radius 3 is 2.79 bits per heavy atom. The van der Waals surface area contributed by atoms with Crippen LogP contribution in [0.25, 0.3) is 10.9 Å². The number of aryl methyl sites for hydroxylation is 1. The zero-order chi connectivity index (χ0) is 20.1. The first-order chi connectivity index (χ1) is 14.2. The quantitative estimate of drug-likeness (QED) is 0.614. The standard InChI is InChI=1S/C24H27FN2O2/c25-20-12-10-18(11-13-20)16-27-17-19(22-7-1-2-8-23(22)27)5-3-9-24(28)26-15-21-6-4-14-29-21/h1-2,7-8,10-13,17,21H,3-6,9,14-16H2,(H,26,28)/t21-/m0/s1. The van der Waals surface area contributed by atoms with Crippen LogP contribution in [-0.4, -0.2) is 29.7 Å². The zero-order valence-electron chi connectivity index (χ0n) is 16.6. The van der Waals surface area contributed by atoms with Crippen molar-refractivity contribution in [2.45, 2.75) is 44.8 Å². The van der Waals surface area contributed by atoms with Gasteiger partial charge in [0.2, 0.25) is 5.91 Å². The van der Waals surface area contributed by atoms with E-state index in [0.29, 0.717) is 19.5 Å². The Kier molecular flexibility index (Phi) is 6.25. The molecule has 1 aromatic heterocycles. The second kappa shape index (κ2) is 9.23. The number of carbonyl (C=O) groups excluding carboxylic acids is 1. The van der Waals surface area contributed by atoms with Crippen LogP contribution in [0.5, 0.6) is 0 Å². The van der Waals surface area contributed by atoms with Gasteiger partial charge in [-0.3, -0.25) is 4.79 Å². The number of para-hydroxylation sites is 1. The fourth-order valence-electron chi connectivity index (χ4n) is 4.00. The summed E-state index contributed by atoms with van der Waals surface area (Å²) in [6, 6.07) is 15.0. The Hall–Kier alpha value is -2.66. The third-order valence-corrected chi connectivity index (χ3v) is 5.54. The Morgan fingerprint density at radius 2 is 2.00 bits per heavy atom. The molecule has 0 spiro atoms. The van der Waals surface area contributed by atoms with E-state index in [0.717, 1.165) is 43.4 Å². The van der Waals surface area contributed by atoms with E-state index in [1.807, 2.05) is 24.3 Å². The number of halogens is 1. The van der Waals surface area contributed by atoms with Crippen LogP contribution in [0, 0.1) is 5.82 Å². The number of benzene rings is 2. The first kappa shape index (κ1) is 19.6. The van der Waals surface area contributed by atoms with Crippen molar-refractivity contribution in [2.75, 3.05) is 13.2 Å². The summed E-state index contributed by atoms with van der Waals surface area (Å²) in [7, 11) is 0. The summed E-state index contributed by atoms with van der Waals surface area (Å²) < 4.78 is 20.9. The number of nitrogens with one attached hydrogen (secondary N) is 1. The molecule has 2 heterocycles. The lowest BCUT2D eigenvalue weighted by Gasteiger charge is -2.10. The minimum Gasteiger partial charge on any atom is -0.376 e. The maximum atomic E-state index is 13.2. The maximum absolute atomic E-state index is 13.2. The lowest BCUT2D eigenvalue weighted by atomic mass is 10.1. The average Bonchev–Trinajstić information content (AvgIpc) is 3.37. The van der Waals surface area contributed by atoms with Gasteiger partial charge >= 0.3 is 0 Å². The first-order valence-corrected chi connectivity index (χ1v) is 10.4. The number of amides is 1. The summed E-state index contributed by atoms with van der Waals surface area (Å²) in [5.74, 6) is -0.125. The third kappa shape index (κ3) is 5.04. The molecular formula is C24H27FN2O2. The molecule has 0 aliphatic carbocycles. The number of nitrogens with zero attached hydrogens (tertiary/aromatic N) is 1. The summed E-state index contributed by atoms with van der Waals surface area (Å²) >= 11 is 0. The highest BCUT2D eigenvalue weighted by Gasteiger charge is 2.16. The van der Waals surface area contributed by atoms with Crippen molar-refractivity contribution in [1.82, 2.24) is 9.88 Å². The SMILES string of the molecule is O=C(CCCc1cn(Cc2ccc(F)cc2)c2ccccc12)NC[C@@H]1CCCO1.